The Morgan fingerprint density at radius 3 is 2.25 bits per heavy atom. The second kappa shape index (κ2) is 7.29. The van der Waals surface area contributed by atoms with E-state index in [2.05, 4.69) is 4.90 Å². The summed E-state index contributed by atoms with van der Waals surface area (Å²) in [5.41, 5.74) is 2.18. The Morgan fingerprint density at radius 1 is 1.00 bits per heavy atom. The van der Waals surface area contributed by atoms with Crippen molar-refractivity contribution in [2.75, 3.05) is 18.5 Å². The van der Waals surface area contributed by atoms with Crippen molar-refractivity contribution < 1.29 is 4.79 Å². The van der Waals surface area contributed by atoms with Crippen molar-refractivity contribution in [2.24, 2.45) is 0 Å². The van der Waals surface area contributed by atoms with Crippen LogP contribution in [-0.2, 0) is 4.79 Å². The lowest BCUT2D eigenvalue weighted by Gasteiger charge is -2.18. The average molecular weight is 265 g/mol. The van der Waals surface area contributed by atoms with E-state index in [0.29, 0.717) is 6.42 Å². The highest BCUT2D eigenvalue weighted by molar-refractivity contribution is 5.93. The molecule has 0 N–H and O–H groups in total. The lowest BCUT2D eigenvalue weighted by molar-refractivity contribution is -0.114. The Bertz CT molecular complexity index is 560. The summed E-state index contributed by atoms with van der Waals surface area (Å²) in [5.74, 6) is 0.150. The molecule has 0 bridgehead atoms. The quantitative estimate of drug-likeness (QED) is 0.740. The predicted octanol–water partition coefficient (Wildman–Crippen LogP) is 3.80. The fourth-order valence-corrected chi connectivity index (χ4v) is 1.93. The number of benzene rings is 2. The summed E-state index contributed by atoms with van der Waals surface area (Å²) < 4.78 is 0. The number of carbonyl (C=O) groups is 1. The van der Waals surface area contributed by atoms with E-state index in [4.69, 9.17) is 0 Å². The third kappa shape index (κ3) is 4.39. The summed E-state index contributed by atoms with van der Waals surface area (Å²) in [6, 6.07) is 20.0. The molecule has 2 aromatic rings. The third-order valence-electron chi connectivity index (χ3n) is 3.15. The summed E-state index contributed by atoms with van der Waals surface area (Å²) >= 11 is 0. The molecular weight excluding hydrogens is 246 g/mol. The van der Waals surface area contributed by atoms with Gasteiger partial charge in [0, 0.05) is 25.7 Å². The number of hydrogen-bond acceptors (Lipinski definition) is 2. The topological polar surface area (TPSA) is 20.3 Å². The third-order valence-corrected chi connectivity index (χ3v) is 3.15. The highest BCUT2D eigenvalue weighted by Gasteiger charge is 2.02. The van der Waals surface area contributed by atoms with Gasteiger partial charge in [0.1, 0.15) is 0 Å². The lowest BCUT2D eigenvalue weighted by atomic mass is 10.1. The molecule has 2 rings (SSSR count). The van der Waals surface area contributed by atoms with Gasteiger partial charge >= 0.3 is 0 Å². The summed E-state index contributed by atoms with van der Waals surface area (Å²) in [6.45, 7) is 0.724. The van der Waals surface area contributed by atoms with Crippen LogP contribution in [0.3, 0.4) is 0 Å². The van der Waals surface area contributed by atoms with Crippen LogP contribution in [0.25, 0.3) is 6.08 Å². The van der Waals surface area contributed by atoms with Crippen LogP contribution >= 0.6 is 0 Å². The first-order chi connectivity index (χ1) is 9.75. The Balaban J connectivity index is 1.82. The van der Waals surface area contributed by atoms with E-state index >= 15 is 0 Å². The molecule has 0 atom stereocenters. The summed E-state index contributed by atoms with van der Waals surface area (Å²) in [7, 11) is 2.00. The molecular formula is C18H19NO. The molecule has 2 heteroatoms. The number of carbonyl (C=O) groups excluding carboxylic acids is 1. The molecule has 0 fully saturated rings. The Labute approximate surface area is 120 Å². The number of rotatable bonds is 6. The normalized spacial score (nSPS) is 10.7. The maximum atomic E-state index is 11.8. The van der Waals surface area contributed by atoms with Gasteiger partial charge in [-0.3, -0.25) is 4.79 Å². The summed E-state index contributed by atoms with van der Waals surface area (Å²) in [6.07, 6.45) is 4.05. The van der Waals surface area contributed by atoms with Gasteiger partial charge in [0.2, 0.25) is 0 Å². The molecule has 0 aliphatic heterocycles. The van der Waals surface area contributed by atoms with Crippen molar-refractivity contribution in [2.45, 2.75) is 6.42 Å². The van der Waals surface area contributed by atoms with Crippen LogP contribution in [-0.4, -0.2) is 19.4 Å². The van der Waals surface area contributed by atoms with E-state index in [-0.39, 0.29) is 5.78 Å². The smallest absolute Gasteiger partial charge is 0.157 e. The molecule has 0 saturated heterocycles. The van der Waals surface area contributed by atoms with Crippen molar-refractivity contribution >= 4 is 17.5 Å². The summed E-state index contributed by atoms with van der Waals surface area (Å²) in [5, 5.41) is 0. The van der Waals surface area contributed by atoms with E-state index in [1.165, 1.54) is 0 Å². The highest BCUT2D eigenvalue weighted by atomic mass is 16.1. The molecule has 102 valence electrons. The molecule has 0 saturated carbocycles. The van der Waals surface area contributed by atoms with Crippen LogP contribution in [0.4, 0.5) is 5.69 Å². The molecule has 0 aliphatic carbocycles. The number of ketones is 1. The zero-order valence-corrected chi connectivity index (χ0v) is 11.7. The lowest BCUT2D eigenvalue weighted by Crippen LogP contribution is -2.20. The van der Waals surface area contributed by atoms with E-state index in [1.807, 2.05) is 73.8 Å². The zero-order valence-electron chi connectivity index (χ0n) is 11.7. The van der Waals surface area contributed by atoms with Crippen LogP contribution in [0.2, 0.25) is 0 Å². The molecule has 0 amide bonds. The molecule has 0 radical (unpaired) electrons. The van der Waals surface area contributed by atoms with Crippen molar-refractivity contribution in [1.29, 1.82) is 0 Å². The molecule has 0 unspecified atom stereocenters. The largest absolute Gasteiger partial charge is 0.374 e. The van der Waals surface area contributed by atoms with E-state index in [9.17, 15) is 4.79 Å². The van der Waals surface area contributed by atoms with Crippen molar-refractivity contribution in [1.82, 2.24) is 0 Å². The second-order valence-electron chi connectivity index (χ2n) is 4.72. The first-order valence-electron chi connectivity index (χ1n) is 6.78. The molecule has 0 aromatic heterocycles. The standard InChI is InChI=1S/C18H19NO/c1-19(17-10-6-3-7-11-17)15-14-18(20)13-12-16-8-4-2-5-9-16/h2-13H,14-15H2,1H3. The maximum absolute atomic E-state index is 11.8. The predicted molar refractivity (Wildman–Crippen MR) is 84.8 cm³/mol. The number of para-hydroxylation sites is 1. The monoisotopic (exact) mass is 265 g/mol. The van der Waals surface area contributed by atoms with Gasteiger partial charge in [-0.1, -0.05) is 54.6 Å². The SMILES string of the molecule is CN(CCC(=O)C=Cc1ccccc1)c1ccccc1. The fraction of sp³-hybridized carbons (Fsp3) is 0.167. The highest BCUT2D eigenvalue weighted by Crippen LogP contribution is 2.11. The van der Waals surface area contributed by atoms with Gasteiger partial charge in [0.15, 0.2) is 5.78 Å². The van der Waals surface area contributed by atoms with Crippen molar-refractivity contribution in [3.8, 4) is 0 Å². The van der Waals surface area contributed by atoms with Gasteiger partial charge in [0.25, 0.3) is 0 Å². The van der Waals surface area contributed by atoms with Crippen LogP contribution in [0, 0.1) is 0 Å². The molecule has 0 aliphatic rings. The number of nitrogens with zero attached hydrogens (tertiary/aromatic N) is 1. The van der Waals surface area contributed by atoms with Gasteiger partial charge in [-0.2, -0.15) is 0 Å². The minimum absolute atomic E-state index is 0.150. The number of hydrogen-bond donors (Lipinski definition) is 0. The molecule has 2 nitrogen and oxygen atoms in total. The summed E-state index contributed by atoms with van der Waals surface area (Å²) in [4.78, 5) is 13.9. The zero-order chi connectivity index (χ0) is 14.2. The maximum Gasteiger partial charge on any atom is 0.157 e. The van der Waals surface area contributed by atoms with Crippen LogP contribution < -0.4 is 4.90 Å². The second-order valence-corrected chi connectivity index (χ2v) is 4.72. The Hall–Kier alpha value is -2.35. The first kappa shape index (κ1) is 14.1. The van der Waals surface area contributed by atoms with Crippen molar-refractivity contribution in [3.05, 3.63) is 72.3 Å². The molecule has 0 spiro atoms. The van der Waals surface area contributed by atoms with Gasteiger partial charge in [-0.25, -0.2) is 0 Å². The number of allylic oxidation sites excluding steroid dienone is 1. The van der Waals surface area contributed by atoms with Gasteiger partial charge in [-0.05, 0) is 23.8 Å². The molecule has 20 heavy (non-hydrogen) atoms. The first-order valence-corrected chi connectivity index (χ1v) is 6.78. The molecule has 2 aromatic carbocycles. The van der Waals surface area contributed by atoms with Gasteiger partial charge < -0.3 is 4.90 Å². The van der Waals surface area contributed by atoms with Crippen molar-refractivity contribution in [3.63, 3.8) is 0 Å². The number of anilines is 1. The van der Waals surface area contributed by atoms with Crippen LogP contribution in [0.5, 0.6) is 0 Å². The van der Waals surface area contributed by atoms with E-state index < -0.39 is 0 Å². The minimum Gasteiger partial charge on any atom is -0.374 e. The Morgan fingerprint density at radius 2 is 1.60 bits per heavy atom. The van der Waals surface area contributed by atoms with E-state index in [1.54, 1.807) is 6.08 Å². The van der Waals surface area contributed by atoms with Crippen LogP contribution in [0.15, 0.2) is 66.7 Å². The van der Waals surface area contributed by atoms with E-state index in [0.717, 1.165) is 17.8 Å². The molecule has 0 heterocycles. The van der Waals surface area contributed by atoms with Gasteiger partial charge in [0.05, 0.1) is 0 Å². The average Bonchev–Trinajstić information content (AvgIpc) is 2.52. The van der Waals surface area contributed by atoms with Gasteiger partial charge in [-0.15, -0.1) is 0 Å². The fourth-order valence-electron chi connectivity index (χ4n) is 1.93. The Kier molecular flexibility index (Phi) is 5.13. The van der Waals surface area contributed by atoms with Crippen LogP contribution in [0.1, 0.15) is 12.0 Å². The minimum atomic E-state index is 0.150.